The molecule has 0 aliphatic carbocycles. The fourth-order valence-electron chi connectivity index (χ4n) is 1.53. The SMILES string of the molecule is CCOC(c1c#cc(N)cc1)(C(F)(F)F)C(F)(F)F. The van der Waals surface area contributed by atoms with E-state index in [-0.39, 0.29) is 5.69 Å². The van der Waals surface area contributed by atoms with Gasteiger partial charge in [0.25, 0.3) is 5.60 Å². The van der Waals surface area contributed by atoms with Crippen molar-refractivity contribution in [1.82, 2.24) is 0 Å². The molecule has 2 N–H and O–H groups in total. The van der Waals surface area contributed by atoms with E-state index in [2.05, 4.69) is 4.74 Å². The summed E-state index contributed by atoms with van der Waals surface area (Å²) < 4.78 is 81.6. The minimum Gasteiger partial charge on any atom is -0.392 e. The lowest BCUT2D eigenvalue weighted by molar-refractivity contribution is -0.388. The molecule has 1 rings (SSSR count). The Kier molecular flexibility index (Phi) is 3.91. The van der Waals surface area contributed by atoms with Crippen molar-refractivity contribution in [2.45, 2.75) is 24.9 Å². The van der Waals surface area contributed by atoms with Crippen LogP contribution in [0.2, 0.25) is 0 Å². The molecule has 0 amide bonds. The van der Waals surface area contributed by atoms with Gasteiger partial charge in [-0.2, -0.15) is 26.3 Å². The Hall–Kier alpha value is -1.62. The number of ether oxygens (including phenoxy) is 1. The zero-order valence-corrected chi connectivity index (χ0v) is 9.62. The van der Waals surface area contributed by atoms with Gasteiger partial charge in [-0.15, -0.1) is 0 Å². The van der Waals surface area contributed by atoms with E-state index >= 15 is 0 Å². The van der Waals surface area contributed by atoms with Gasteiger partial charge in [-0.25, -0.2) is 0 Å². The van der Waals surface area contributed by atoms with Crippen LogP contribution in [0.1, 0.15) is 12.5 Å². The second-order valence-corrected chi connectivity index (χ2v) is 3.56. The van der Waals surface area contributed by atoms with E-state index in [0.29, 0.717) is 6.07 Å². The first-order valence-corrected chi connectivity index (χ1v) is 5.03. The number of anilines is 1. The number of nitrogens with two attached hydrogens (primary N) is 1. The molecular weight excluding hydrogens is 276 g/mol. The van der Waals surface area contributed by atoms with Gasteiger partial charge in [0, 0.05) is 6.61 Å². The second kappa shape index (κ2) is 4.81. The molecule has 19 heavy (non-hydrogen) atoms. The van der Waals surface area contributed by atoms with Gasteiger partial charge < -0.3 is 10.5 Å². The lowest BCUT2D eigenvalue weighted by Crippen LogP contribution is -2.55. The molecule has 1 aromatic carbocycles. The van der Waals surface area contributed by atoms with Crippen molar-refractivity contribution in [2.75, 3.05) is 12.3 Å². The van der Waals surface area contributed by atoms with Crippen molar-refractivity contribution in [3.8, 4) is 0 Å². The van der Waals surface area contributed by atoms with Gasteiger partial charge >= 0.3 is 12.4 Å². The molecule has 0 atom stereocenters. The third-order valence-corrected chi connectivity index (χ3v) is 2.31. The molecule has 2 nitrogen and oxygen atoms in total. The molecule has 0 radical (unpaired) electrons. The molecule has 0 spiro atoms. The van der Waals surface area contributed by atoms with Crippen LogP contribution in [0.15, 0.2) is 12.1 Å². The average Bonchev–Trinajstić information content (AvgIpc) is 2.24. The highest BCUT2D eigenvalue weighted by molar-refractivity contribution is 5.36. The van der Waals surface area contributed by atoms with Gasteiger partial charge in [-0.3, -0.25) is 0 Å². The summed E-state index contributed by atoms with van der Waals surface area (Å²) in [4.78, 5) is 0. The van der Waals surface area contributed by atoms with Crippen LogP contribution in [0.3, 0.4) is 0 Å². The van der Waals surface area contributed by atoms with Crippen molar-refractivity contribution in [3.05, 3.63) is 29.8 Å². The third-order valence-electron chi connectivity index (χ3n) is 2.31. The first-order valence-electron chi connectivity index (χ1n) is 5.03. The molecule has 0 bridgehead atoms. The Morgan fingerprint density at radius 2 is 1.58 bits per heavy atom. The van der Waals surface area contributed by atoms with E-state index in [0.717, 1.165) is 13.0 Å². The van der Waals surface area contributed by atoms with E-state index in [1.807, 2.05) is 6.07 Å². The van der Waals surface area contributed by atoms with E-state index in [1.165, 1.54) is 0 Å². The average molecular weight is 285 g/mol. The zero-order valence-electron chi connectivity index (χ0n) is 9.62. The molecule has 0 unspecified atom stereocenters. The predicted molar refractivity (Wildman–Crippen MR) is 53.9 cm³/mol. The van der Waals surface area contributed by atoms with Crippen LogP contribution in [0.4, 0.5) is 32.0 Å². The topological polar surface area (TPSA) is 35.2 Å². The lowest BCUT2D eigenvalue weighted by Gasteiger charge is -2.36. The standard InChI is InChI=1S/C11H9F6NO/c1-2-19-9(10(12,13)14,11(15,16)17)7-3-5-8(18)6-4-7/h3,5H,2,18H2,1H3. The van der Waals surface area contributed by atoms with Gasteiger partial charge in [0.1, 0.15) is 0 Å². The minimum absolute atomic E-state index is 0.126. The van der Waals surface area contributed by atoms with Gasteiger partial charge in [-0.1, -0.05) is 6.07 Å². The van der Waals surface area contributed by atoms with E-state index < -0.39 is 30.1 Å². The van der Waals surface area contributed by atoms with Gasteiger partial charge in [0.15, 0.2) is 0 Å². The van der Waals surface area contributed by atoms with Gasteiger partial charge in [0.05, 0.1) is 11.3 Å². The summed E-state index contributed by atoms with van der Waals surface area (Å²) in [5.41, 5.74) is -0.619. The van der Waals surface area contributed by atoms with Crippen LogP contribution in [0.5, 0.6) is 0 Å². The Balaban J connectivity index is 3.52. The molecule has 0 aliphatic rings. The monoisotopic (exact) mass is 285 g/mol. The Morgan fingerprint density at radius 3 is 1.89 bits per heavy atom. The smallest absolute Gasteiger partial charge is 0.392 e. The van der Waals surface area contributed by atoms with Crippen molar-refractivity contribution >= 4 is 5.69 Å². The quantitative estimate of drug-likeness (QED) is 0.865. The highest BCUT2D eigenvalue weighted by Crippen LogP contribution is 2.52. The number of halogens is 6. The Morgan fingerprint density at radius 1 is 1.05 bits per heavy atom. The fourth-order valence-corrected chi connectivity index (χ4v) is 1.53. The molecule has 8 heteroatoms. The molecule has 0 heterocycles. The van der Waals surface area contributed by atoms with Crippen molar-refractivity contribution in [2.24, 2.45) is 0 Å². The summed E-state index contributed by atoms with van der Waals surface area (Å²) >= 11 is 0. The predicted octanol–water partition coefficient (Wildman–Crippen LogP) is 3.23. The van der Waals surface area contributed by atoms with Crippen LogP contribution in [-0.4, -0.2) is 19.0 Å². The highest BCUT2D eigenvalue weighted by atomic mass is 19.4. The van der Waals surface area contributed by atoms with E-state index in [4.69, 9.17) is 5.73 Å². The molecule has 0 fully saturated rings. The number of rotatable bonds is 3. The first kappa shape index (κ1) is 15.4. The molecule has 1 aromatic rings. The minimum atomic E-state index is -5.69. The molecule has 0 aliphatic heterocycles. The Labute approximate surface area is 105 Å². The summed E-state index contributed by atoms with van der Waals surface area (Å²) in [7, 11) is 0. The number of nitrogen functional groups attached to an aromatic ring is 1. The normalized spacial score (nSPS) is 13.2. The van der Waals surface area contributed by atoms with Crippen LogP contribution < -0.4 is 5.73 Å². The first-order chi connectivity index (χ1) is 8.56. The van der Waals surface area contributed by atoms with Crippen molar-refractivity contribution in [3.63, 3.8) is 0 Å². The molecule has 0 saturated carbocycles. The summed E-state index contributed by atoms with van der Waals surface area (Å²) in [6.45, 7) is 0.254. The van der Waals surface area contributed by atoms with Gasteiger partial charge in [-0.05, 0) is 25.1 Å². The largest absolute Gasteiger partial charge is 0.431 e. The summed E-state index contributed by atoms with van der Waals surface area (Å²) in [6.07, 6.45) is -11.4. The second-order valence-electron chi connectivity index (χ2n) is 3.56. The zero-order chi connectivity index (χ0) is 14.9. The summed E-state index contributed by atoms with van der Waals surface area (Å²) in [6, 6.07) is 5.19. The number of hydrogen-bond acceptors (Lipinski definition) is 2. The molecular formula is C11H9F6NO. The molecule has 0 saturated heterocycles. The van der Waals surface area contributed by atoms with Gasteiger partial charge in [0.2, 0.25) is 0 Å². The highest BCUT2D eigenvalue weighted by Gasteiger charge is 2.73. The van der Waals surface area contributed by atoms with Crippen LogP contribution in [-0.2, 0) is 10.3 Å². The maximum atomic E-state index is 12.9. The Bertz CT molecular complexity index is 408. The summed E-state index contributed by atoms with van der Waals surface area (Å²) in [5.74, 6) is 0. The number of hydrogen-bond donors (Lipinski definition) is 1. The van der Waals surface area contributed by atoms with E-state index in [9.17, 15) is 26.3 Å². The molecule has 106 valence electrons. The van der Waals surface area contributed by atoms with Crippen molar-refractivity contribution in [1.29, 1.82) is 0 Å². The summed E-state index contributed by atoms with van der Waals surface area (Å²) in [5, 5.41) is 0. The number of alkyl halides is 6. The fraction of sp³-hybridized carbons (Fsp3) is 0.455. The lowest BCUT2D eigenvalue weighted by atomic mass is 9.93. The molecule has 0 aromatic heterocycles. The van der Waals surface area contributed by atoms with Crippen LogP contribution >= 0.6 is 0 Å². The third kappa shape index (κ3) is 2.56. The van der Waals surface area contributed by atoms with E-state index in [1.54, 1.807) is 6.07 Å². The van der Waals surface area contributed by atoms with Crippen LogP contribution in [0.25, 0.3) is 0 Å². The van der Waals surface area contributed by atoms with Crippen LogP contribution in [0, 0.1) is 12.1 Å². The van der Waals surface area contributed by atoms with Crippen molar-refractivity contribution < 1.29 is 31.1 Å². The maximum absolute atomic E-state index is 12.9. The maximum Gasteiger partial charge on any atom is 0.431 e.